The van der Waals surface area contributed by atoms with Crippen LogP contribution in [-0.2, 0) is 9.47 Å². The summed E-state index contributed by atoms with van der Waals surface area (Å²) in [6, 6.07) is 7.08. The van der Waals surface area contributed by atoms with E-state index in [0.29, 0.717) is 12.1 Å². The van der Waals surface area contributed by atoms with Gasteiger partial charge in [0.2, 0.25) is 0 Å². The number of aliphatic hydroxyl groups excluding tert-OH is 1. The molecule has 7 nitrogen and oxygen atoms in total. The third-order valence-corrected chi connectivity index (χ3v) is 4.02. The second-order valence-corrected chi connectivity index (χ2v) is 5.49. The molecular weight excluding hydrogens is 286 g/mol. The van der Waals surface area contributed by atoms with Crippen molar-refractivity contribution in [1.29, 1.82) is 0 Å². The lowest BCUT2D eigenvalue weighted by Gasteiger charge is -2.17. The Morgan fingerprint density at radius 3 is 2.82 bits per heavy atom. The number of aliphatic hydroxyl groups is 1. The van der Waals surface area contributed by atoms with Gasteiger partial charge in [0, 0.05) is 0 Å². The monoisotopic (exact) mass is 301 g/mol. The number of ether oxygens (including phenoxy) is 2. The molecule has 0 unspecified atom stereocenters. The number of rotatable bonds is 2. The van der Waals surface area contributed by atoms with Crippen LogP contribution in [0.5, 0.6) is 0 Å². The molecule has 1 amide bonds. The van der Waals surface area contributed by atoms with Crippen LogP contribution in [0, 0.1) is 0 Å². The molecule has 0 spiro atoms. The Morgan fingerprint density at radius 1 is 1.18 bits per heavy atom. The average molecular weight is 301 g/mol. The number of carbonyl (C=O) groups excluding carboxylic acids is 1. The quantitative estimate of drug-likeness (QED) is 0.803. The fourth-order valence-corrected chi connectivity index (χ4v) is 2.91. The first kappa shape index (κ1) is 13.6. The van der Waals surface area contributed by atoms with E-state index >= 15 is 0 Å². The largest absolute Gasteiger partial charge is 0.388 e. The number of carbonyl (C=O) groups is 1. The van der Waals surface area contributed by atoms with Gasteiger partial charge in [-0.25, -0.2) is 4.98 Å². The van der Waals surface area contributed by atoms with E-state index in [2.05, 4.69) is 15.3 Å². The Hall–Kier alpha value is -2.09. The summed E-state index contributed by atoms with van der Waals surface area (Å²) in [5.74, 6) is -0.322. The maximum atomic E-state index is 12.3. The van der Waals surface area contributed by atoms with Crippen molar-refractivity contribution >= 4 is 16.9 Å². The van der Waals surface area contributed by atoms with Crippen molar-refractivity contribution in [1.82, 2.24) is 15.3 Å². The summed E-state index contributed by atoms with van der Waals surface area (Å²) in [7, 11) is 0. The van der Waals surface area contributed by atoms with Gasteiger partial charge in [-0.1, -0.05) is 12.1 Å². The topological polar surface area (TPSA) is 93.6 Å². The molecule has 2 N–H and O–H groups in total. The van der Waals surface area contributed by atoms with Crippen LogP contribution < -0.4 is 5.32 Å². The molecule has 2 fully saturated rings. The third-order valence-electron chi connectivity index (χ3n) is 4.02. The maximum absolute atomic E-state index is 12.3. The highest BCUT2D eigenvalue weighted by atomic mass is 16.6. The lowest BCUT2D eigenvalue weighted by molar-refractivity contribution is 0.0178. The van der Waals surface area contributed by atoms with Crippen molar-refractivity contribution < 1.29 is 19.4 Å². The summed E-state index contributed by atoms with van der Waals surface area (Å²) < 4.78 is 11.0. The summed E-state index contributed by atoms with van der Waals surface area (Å²) in [4.78, 5) is 20.9. The van der Waals surface area contributed by atoms with E-state index in [1.807, 2.05) is 24.3 Å². The molecule has 0 aliphatic carbocycles. The Morgan fingerprint density at radius 2 is 1.95 bits per heavy atom. The molecule has 2 aliphatic rings. The maximum Gasteiger partial charge on any atom is 0.271 e. The molecule has 1 aromatic carbocycles. The van der Waals surface area contributed by atoms with E-state index in [4.69, 9.17) is 9.47 Å². The molecule has 4 atom stereocenters. The number of benzene rings is 1. The molecule has 3 heterocycles. The van der Waals surface area contributed by atoms with Gasteiger partial charge in [0.25, 0.3) is 5.91 Å². The molecule has 0 radical (unpaired) electrons. The second kappa shape index (κ2) is 5.28. The van der Waals surface area contributed by atoms with Gasteiger partial charge in [-0.3, -0.25) is 9.78 Å². The molecule has 22 heavy (non-hydrogen) atoms. The Bertz CT molecular complexity index is 723. The van der Waals surface area contributed by atoms with Crippen molar-refractivity contribution in [2.45, 2.75) is 24.4 Å². The van der Waals surface area contributed by atoms with E-state index in [1.54, 1.807) is 0 Å². The van der Waals surface area contributed by atoms with Crippen LogP contribution in [0.1, 0.15) is 10.5 Å². The van der Waals surface area contributed by atoms with Crippen molar-refractivity contribution in [2.75, 3.05) is 13.2 Å². The molecule has 1 aromatic heterocycles. The lowest BCUT2D eigenvalue weighted by Crippen LogP contribution is -2.44. The van der Waals surface area contributed by atoms with Crippen molar-refractivity contribution in [3.05, 3.63) is 36.2 Å². The van der Waals surface area contributed by atoms with Gasteiger partial charge in [-0.2, -0.15) is 0 Å². The zero-order valence-corrected chi connectivity index (χ0v) is 11.7. The first-order valence-electron chi connectivity index (χ1n) is 7.16. The number of fused-ring (bicyclic) bond motifs is 2. The molecular formula is C15H15N3O4. The Labute approximate surface area is 126 Å². The highest BCUT2D eigenvalue weighted by Gasteiger charge is 2.47. The molecule has 2 saturated heterocycles. The number of hydrogen-bond acceptors (Lipinski definition) is 6. The van der Waals surface area contributed by atoms with Crippen LogP contribution in [0.4, 0.5) is 0 Å². The highest BCUT2D eigenvalue weighted by molar-refractivity contribution is 5.94. The van der Waals surface area contributed by atoms with Crippen molar-refractivity contribution in [2.24, 2.45) is 0 Å². The minimum Gasteiger partial charge on any atom is -0.388 e. The Balaban J connectivity index is 1.51. The van der Waals surface area contributed by atoms with Crippen molar-refractivity contribution in [3.63, 3.8) is 0 Å². The average Bonchev–Trinajstić information content (AvgIpc) is 3.11. The number of nitrogens with zero attached hydrogens (tertiary/aromatic N) is 2. The van der Waals surface area contributed by atoms with Gasteiger partial charge in [-0.15, -0.1) is 0 Å². The van der Waals surface area contributed by atoms with Crippen LogP contribution in [-0.4, -0.2) is 58.5 Å². The summed E-state index contributed by atoms with van der Waals surface area (Å²) in [6.45, 7) is 0.552. The molecule has 0 saturated carbocycles. The predicted molar refractivity (Wildman–Crippen MR) is 76.3 cm³/mol. The standard InChI is InChI=1S/C15H15N3O4/c19-12-7-22-13-11(6-21-14(12)13)18-15(20)10-5-16-8-3-1-2-4-9(8)17-10/h1-5,11-14,19H,6-7H2,(H,18,20)/t11-,12+,13+,14+/m0/s1. The van der Waals surface area contributed by atoms with Crippen LogP contribution in [0.2, 0.25) is 0 Å². The summed E-state index contributed by atoms with van der Waals surface area (Å²) in [5.41, 5.74) is 1.66. The minimum atomic E-state index is -0.632. The molecule has 0 bridgehead atoms. The number of para-hydroxylation sites is 2. The number of amides is 1. The fraction of sp³-hybridized carbons (Fsp3) is 0.400. The van der Waals surface area contributed by atoms with Crippen LogP contribution >= 0.6 is 0 Å². The minimum absolute atomic E-state index is 0.234. The van der Waals surface area contributed by atoms with Crippen LogP contribution in [0.3, 0.4) is 0 Å². The zero-order valence-electron chi connectivity index (χ0n) is 11.7. The lowest BCUT2D eigenvalue weighted by atomic mass is 10.1. The van der Waals surface area contributed by atoms with Gasteiger partial charge >= 0.3 is 0 Å². The van der Waals surface area contributed by atoms with Gasteiger partial charge in [0.1, 0.15) is 24.0 Å². The van der Waals surface area contributed by atoms with E-state index in [1.165, 1.54) is 6.20 Å². The second-order valence-electron chi connectivity index (χ2n) is 5.49. The molecule has 2 aliphatic heterocycles. The molecule has 7 heteroatoms. The fourth-order valence-electron chi connectivity index (χ4n) is 2.91. The molecule has 114 valence electrons. The molecule has 2 aromatic rings. The number of hydrogen-bond donors (Lipinski definition) is 2. The smallest absolute Gasteiger partial charge is 0.271 e. The van der Waals surface area contributed by atoms with Gasteiger partial charge in [0.05, 0.1) is 36.5 Å². The van der Waals surface area contributed by atoms with E-state index < -0.39 is 6.10 Å². The predicted octanol–water partition coefficient (Wildman–Crippen LogP) is -0.113. The summed E-state index contributed by atoms with van der Waals surface area (Å²) in [6.07, 6.45) is 0.141. The van der Waals surface area contributed by atoms with Crippen LogP contribution in [0.15, 0.2) is 30.5 Å². The van der Waals surface area contributed by atoms with E-state index in [0.717, 1.165) is 5.52 Å². The van der Waals surface area contributed by atoms with Crippen molar-refractivity contribution in [3.8, 4) is 0 Å². The van der Waals surface area contributed by atoms with E-state index in [9.17, 15) is 9.90 Å². The van der Waals surface area contributed by atoms with Gasteiger partial charge in [-0.05, 0) is 12.1 Å². The zero-order chi connectivity index (χ0) is 15.1. The van der Waals surface area contributed by atoms with Gasteiger partial charge < -0.3 is 19.9 Å². The number of aromatic nitrogens is 2. The van der Waals surface area contributed by atoms with E-state index in [-0.39, 0.29) is 36.5 Å². The number of nitrogens with one attached hydrogen (secondary N) is 1. The van der Waals surface area contributed by atoms with Crippen LogP contribution in [0.25, 0.3) is 11.0 Å². The summed E-state index contributed by atoms with van der Waals surface area (Å²) in [5, 5.41) is 12.6. The molecule has 4 rings (SSSR count). The third kappa shape index (κ3) is 2.23. The first-order valence-corrected chi connectivity index (χ1v) is 7.16. The Kier molecular flexibility index (Phi) is 3.25. The normalized spacial score (nSPS) is 30.4. The first-order chi connectivity index (χ1) is 10.7. The highest BCUT2D eigenvalue weighted by Crippen LogP contribution is 2.27. The SMILES string of the molecule is O=C(N[C@H]1CO[C@H]2[C@@H]1OC[C@H]2O)c1cnc2ccccc2n1. The van der Waals surface area contributed by atoms with Gasteiger partial charge in [0.15, 0.2) is 0 Å². The summed E-state index contributed by atoms with van der Waals surface area (Å²) >= 11 is 0.